The van der Waals surface area contributed by atoms with Gasteiger partial charge in [-0.05, 0) is 77.0 Å². The molecule has 2 atom stereocenters. The molecule has 0 saturated heterocycles. The first-order valence-electron chi connectivity index (χ1n) is 23.9. The minimum absolute atomic E-state index is 0.143. The SMILES string of the molecule is CC/C=C\C/C=C\C/C=C\C/C=C\CCCCCCCCCCCCC(=O)OC(COC(=O)CCCCCCC/C=C\CCCCC)COC(OCC[N+](C)(C)C)C(=O)[O-]. The van der Waals surface area contributed by atoms with E-state index in [1.54, 1.807) is 0 Å². The molecule has 346 valence electrons. The van der Waals surface area contributed by atoms with Crippen molar-refractivity contribution in [3.8, 4) is 0 Å². The molecule has 0 aromatic carbocycles. The number of carboxylic acid groups (broad SMARTS) is 1. The number of unbranched alkanes of at least 4 members (excludes halogenated alkanes) is 18. The number of carbonyl (C=O) groups is 3. The predicted octanol–water partition coefficient (Wildman–Crippen LogP) is 11.6. The van der Waals surface area contributed by atoms with Crippen molar-refractivity contribution < 1.29 is 42.9 Å². The molecule has 0 aliphatic carbocycles. The number of hydrogen-bond donors (Lipinski definition) is 0. The Morgan fingerprint density at radius 1 is 0.517 bits per heavy atom. The first-order chi connectivity index (χ1) is 29.1. The maximum Gasteiger partial charge on any atom is 0.306 e. The molecule has 0 saturated carbocycles. The molecule has 9 heteroatoms. The lowest BCUT2D eigenvalue weighted by atomic mass is 10.0. The summed E-state index contributed by atoms with van der Waals surface area (Å²) in [6, 6.07) is 0. The smallest absolute Gasteiger partial charge is 0.306 e. The number of rotatable bonds is 43. The molecule has 60 heavy (non-hydrogen) atoms. The number of quaternary nitrogens is 1. The van der Waals surface area contributed by atoms with Crippen molar-refractivity contribution in [1.82, 2.24) is 0 Å². The van der Waals surface area contributed by atoms with Crippen LogP contribution in [0.3, 0.4) is 0 Å². The summed E-state index contributed by atoms with van der Waals surface area (Å²) in [4.78, 5) is 37.0. The lowest BCUT2D eigenvalue weighted by Crippen LogP contribution is -2.44. The number of carboxylic acids is 1. The Labute approximate surface area is 367 Å². The third-order valence-electron chi connectivity index (χ3n) is 10.00. The number of hydrogen-bond acceptors (Lipinski definition) is 8. The molecule has 9 nitrogen and oxygen atoms in total. The van der Waals surface area contributed by atoms with E-state index in [2.05, 4.69) is 74.6 Å². The fourth-order valence-electron chi connectivity index (χ4n) is 6.28. The largest absolute Gasteiger partial charge is 0.545 e. The zero-order valence-electron chi connectivity index (χ0n) is 39.1. The van der Waals surface area contributed by atoms with Gasteiger partial charge in [0.15, 0.2) is 12.4 Å². The summed E-state index contributed by atoms with van der Waals surface area (Å²) in [5.41, 5.74) is 0. The van der Waals surface area contributed by atoms with E-state index in [-0.39, 0.29) is 38.6 Å². The average Bonchev–Trinajstić information content (AvgIpc) is 3.21. The fourth-order valence-corrected chi connectivity index (χ4v) is 6.28. The van der Waals surface area contributed by atoms with Gasteiger partial charge in [-0.2, -0.15) is 0 Å². The van der Waals surface area contributed by atoms with Crippen LogP contribution in [-0.4, -0.2) is 82.3 Å². The summed E-state index contributed by atoms with van der Waals surface area (Å²) in [6.45, 7) is 4.58. The van der Waals surface area contributed by atoms with E-state index in [1.807, 2.05) is 21.1 Å². The Balaban J connectivity index is 4.35. The van der Waals surface area contributed by atoms with Crippen LogP contribution in [-0.2, 0) is 33.3 Å². The van der Waals surface area contributed by atoms with Crippen molar-refractivity contribution in [3.63, 3.8) is 0 Å². The van der Waals surface area contributed by atoms with Crippen LogP contribution < -0.4 is 5.11 Å². The van der Waals surface area contributed by atoms with E-state index in [4.69, 9.17) is 18.9 Å². The molecule has 0 aromatic heterocycles. The zero-order valence-corrected chi connectivity index (χ0v) is 39.1. The van der Waals surface area contributed by atoms with Crippen LogP contribution in [0.1, 0.15) is 187 Å². The molecule has 0 heterocycles. The number of aliphatic carboxylic acids is 1. The number of ether oxygens (including phenoxy) is 4. The van der Waals surface area contributed by atoms with E-state index < -0.39 is 24.3 Å². The summed E-state index contributed by atoms with van der Waals surface area (Å²) in [7, 11) is 5.90. The minimum atomic E-state index is -1.62. The van der Waals surface area contributed by atoms with Crippen molar-refractivity contribution >= 4 is 17.9 Å². The van der Waals surface area contributed by atoms with Gasteiger partial charge in [0.25, 0.3) is 0 Å². The van der Waals surface area contributed by atoms with Crippen LogP contribution in [0.15, 0.2) is 60.8 Å². The number of allylic oxidation sites excluding steroid dienone is 10. The van der Waals surface area contributed by atoms with Crippen molar-refractivity contribution in [2.45, 2.75) is 200 Å². The van der Waals surface area contributed by atoms with Gasteiger partial charge in [-0.25, -0.2) is 0 Å². The molecule has 0 radical (unpaired) electrons. The molecule has 0 aromatic rings. The molecule has 0 amide bonds. The van der Waals surface area contributed by atoms with E-state index in [0.717, 1.165) is 89.9 Å². The highest BCUT2D eigenvalue weighted by Crippen LogP contribution is 2.14. The second-order valence-electron chi connectivity index (χ2n) is 17.0. The van der Waals surface area contributed by atoms with Crippen LogP contribution >= 0.6 is 0 Å². The Hall–Kier alpha value is -3.01. The van der Waals surface area contributed by atoms with Crippen LogP contribution in [0.25, 0.3) is 0 Å². The highest BCUT2D eigenvalue weighted by molar-refractivity contribution is 5.70. The Kier molecular flexibility index (Phi) is 40.5. The van der Waals surface area contributed by atoms with Gasteiger partial charge < -0.3 is 33.3 Å². The third-order valence-corrected chi connectivity index (χ3v) is 10.00. The molecule has 0 bridgehead atoms. The topological polar surface area (TPSA) is 111 Å². The standard InChI is InChI=1S/C51H89NO8/c1-6-8-10-12-14-16-18-20-21-22-23-24-25-26-27-28-29-30-32-34-36-38-40-42-49(54)60-47(46-59-51(50(55)56)57-44-43-52(3,4)5)45-58-48(53)41-39-37-35-33-31-19-17-15-13-11-9-7-2/h8,10,14-17,20-21,23-24,47,51H,6-7,9,11-13,18-19,22,25-46H2,1-5H3/b10-8-,16-14-,17-15-,21-20-,24-23-. The first-order valence-corrected chi connectivity index (χ1v) is 23.9. The predicted molar refractivity (Wildman–Crippen MR) is 246 cm³/mol. The highest BCUT2D eigenvalue weighted by atomic mass is 16.7. The lowest BCUT2D eigenvalue weighted by Gasteiger charge is -2.26. The third kappa shape index (κ3) is 43.1. The summed E-state index contributed by atoms with van der Waals surface area (Å²) in [6.07, 6.45) is 48.2. The van der Waals surface area contributed by atoms with E-state index >= 15 is 0 Å². The first kappa shape index (κ1) is 57.0. The molecular formula is C51H89NO8. The second-order valence-corrected chi connectivity index (χ2v) is 17.0. The Morgan fingerprint density at radius 2 is 0.950 bits per heavy atom. The monoisotopic (exact) mass is 844 g/mol. The highest BCUT2D eigenvalue weighted by Gasteiger charge is 2.21. The molecule has 2 unspecified atom stereocenters. The summed E-state index contributed by atoms with van der Waals surface area (Å²) in [5, 5.41) is 11.7. The minimum Gasteiger partial charge on any atom is -0.545 e. The molecule has 0 aliphatic rings. The van der Waals surface area contributed by atoms with Gasteiger partial charge in [0.2, 0.25) is 0 Å². The van der Waals surface area contributed by atoms with Crippen molar-refractivity contribution in [3.05, 3.63) is 60.8 Å². The van der Waals surface area contributed by atoms with E-state index in [0.29, 0.717) is 17.4 Å². The number of nitrogens with zero attached hydrogens (tertiary/aromatic N) is 1. The Morgan fingerprint density at radius 3 is 1.43 bits per heavy atom. The van der Waals surface area contributed by atoms with Gasteiger partial charge in [0.05, 0.1) is 40.3 Å². The number of likely N-dealkylation sites (N-methyl/N-ethyl adjacent to an activating group) is 1. The Bertz CT molecular complexity index is 1170. The van der Waals surface area contributed by atoms with Crippen molar-refractivity contribution in [2.75, 3.05) is 47.5 Å². The fraction of sp³-hybridized carbons (Fsp3) is 0.745. The maximum absolute atomic E-state index is 12.8. The summed E-state index contributed by atoms with van der Waals surface area (Å²) < 4.78 is 22.6. The van der Waals surface area contributed by atoms with Crippen LogP contribution in [0.2, 0.25) is 0 Å². The van der Waals surface area contributed by atoms with Crippen LogP contribution in [0.5, 0.6) is 0 Å². The van der Waals surface area contributed by atoms with Gasteiger partial charge in [0.1, 0.15) is 13.2 Å². The molecular weight excluding hydrogens is 755 g/mol. The lowest BCUT2D eigenvalue weighted by molar-refractivity contribution is -0.870. The molecule has 0 fully saturated rings. The molecule has 0 N–H and O–H groups in total. The molecule has 0 rings (SSSR count). The van der Waals surface area contributed by atoms with Crippen LogP contribution in [0.4, 0.5) is 0 Å². The quantitative estimate of drug-likeness (QED) is 0.0196. The van der Waals surface area contributed by atoms with Crippen LogP contribution in [0, 0.1) is 0 Å². The summed E-state index contributed by atoms with van der Waals surface area (Å²) in [5.74, 6) is -2.31. The molecule has 0 spiro atoms. The van der Waals surface area contributed by atoms with Gasteiger partial charge in [-0.3, -0.25) is 9.59 Å². The number of esters is 2. The normalized spacial score (nSPS) is 13.4. The number of carbonyl (C=O) groups excluding carboxylic acids is 3. The van der Waals surface area contributed by atoms with Gasteiger partial charge in [-0.15, -0.1) is 0 Å². The van der Waals surface area contributed by atoms with E-state index in [1.165, 1.54) is 64.2 Å². The average molecular weight is 844 g/mol. The van der Waals surface area contributed by atoms with Crippen molar-refractivity contribution in [1.29, 1.82) is 0 Å². The summed E-state index contributed by atoms with van der Waals surface area (Å²) >= 11 is 0. The molecule has 0 aliphatic heterocycles. The van der Waals surface area contributed by atoms with Gasteiger partial charge in [0, 0.05) is 12.8 Å². The van der Waals surface area contributed by atoms with Gasteiger partial charge >= 0.3 is 11.9 Å². The maximum atomic E-state index is 12.8. The van der Waals surface area contributed by atoms with Gasteiger partial charge in [-0.1, -0.05) is 158 Å². The van der Waals surface area contributed by atoms with E-state index in [9.17, 15) is 19.5 Å². The second kappa shape index (κ2) is 42.7. The van der Waals surface area contributed by atoms with Crippen molar-refractivity contribution in [2.24, 2.45) is 0 Å². The zero-order chi connectivity index (χ0) is 44.2.